The molecule has 18 heavy (non-hydrogen) atoms. The lowest BCUT2D eigenvalue weighted by molar-refractivity contribution is 1.22. The molecule has 0 unspecified atom stereocenters. The fourth-order valence-electron chi connectivity index (χ4n) is 1.96. The summed E-state index contributed by atoms with van der Waals surface area (Å²) in [6, 6.07) is 10.9. The van der Waals surface area contributed by atoms with E-state index in [4.69, 9.17) is 23.2 Å². The van der Waals surface area contributed by atoms with E-state index in [0.717, 1.165) is 22.2 Å². The topological polar surface area (TPSA) is 48.6 Å². The van der Waals surface area contributed by atoms with E-state index in [1.807, 2.05) is 18.2 Å². The van der Waals surface area contributed by atoms with Crippen LogP contribution in [0.5, 0.6) is 0 Å². The summed E-state index contributed by atoms with van der Waals surface area (Å²) in [5, 5.41) is 1.17. The SMILES string of the molecule is O=c1[nH]c2ccc(-c3c(Cl)cccc3Cl)cc2[nH]1. The Labute approximate surface area is 112 Å². The second-order valence-corrected chi connectivity index (χ2v) is 4.75. The molecule has 0 aliphatic heterocycles. The van der Waals surface area contributed by atoms with Crippen LogP contribution in [0.25, 0.3) is 22.2 Å². The maximum atomic E-state index is 11.2. The van der Waals surface area contributed by atoms with Crippen molar-refractivity contribution in [1.29, 1.82) is 0 Å². The normalized spacial score (nSPS) is 11.0. The third-order valence-corrected chi connectivity index (χ3v) is 3.40. The fourth-order valence-corrected chi connectivity index (χ4v) is 2.58. The Morgan fingerprint density at radius 3 is 2.28 bits per heavy atom. The Kier molecular flexibility index (Phi) is 2.65. The number of hydrogen-bond acceptors (Lipinski definition) is 1. The standard InChI is InChI=1S/C13H8Cl2N2O/c14-8-2-1-3-9(15)12(8)7-4-5-10-11(6-7)17-13(18)16-10/h1-6H,(H2,16,17,18). The number of hydrogen-bond donors (Lipinski definition) is 2. The highest BCUT2D eigenvalue weighted by atomic mass is 35.5. The molecule has 5 heteroatoms. The first kappa shape index (κ1) is 11.4. The molecule has 0 aliphatic carbocycles. The van der Waals surface area contributed by atoms with E-state index in [0.29, 0.717) is 10.0 Å². The van der Waals surface area contributed by atoms with Crippen molar-refractivity contribution < 1.29 is 0 Å². The largest absolute Gasteiger partial charge is 0.323 e. The summed E-state index contributed by atoms with van der Waals surface area (Å²) < 4.78 is 0. The molecule has 0 amide bonds. The molecule has 0 aliphatic rings. The lowest BCUT2D eigenvalue weighted by Gasteiger charge is -2.06. The molecule has 0 radical (unpaired) electrons. The van der Waals surface area contributed by atoms with E-state index >= 15 is 0 Å². The van der Waals surface area contributed by atoms with Crippen LogP contribution in [0.1, 0.15) is 0 Å². The summed E-state index contributed by atoms with van der Waals surface area (Å²) >= 11 is 12.3. The second kappa shape index (κ2) is 4.19. The van der Waals surface area contributed by atoms with E-state index in [2.05, 4.69) is 9.97 Å². The van der Waals surface area contributed by atoms with E-state index in [-0.39, 0.29) is 5.69 Å². The van der Waals surface area contributed by atoms with Gasteiger partial charge in [0.05, 0.1) is 11.0 Å². The van der Waals surface area contributed by atoms with Crippen LogP contribution in [0.15, 0.2) is 41.2 Å². The van der Waals surface area contributed by atoms with Gasteiger partial charge in [-0.15, -0.1) is 0 Å². The molecular formula is C13H8Cl2N2O. The quantitative estimate of drug-likeness (QED) is 0.698. The van der Waals surface area contributed by atoms with Gasteiger partial charge in [0.15, 0.2) is 0 Å². The van der Waals surface area contributed by atoms with Gasteiger partial charge in [-0.25, -0.2) is 4.79 Å². The van der Waals surface area contributed by atoms with Crippen LogP contribution in [-0.2, 0) is 0 Å². The summed E-state index contributed by atoms with van der Waals surface area (Å²) in [4.78, 5) is 16.6. The minimum atomic E-state index is -0.229. The van der Waals surface area contributed by atoms with Gasteiger partial charge in [-0.2, -0.15) is 0 Å². The van der Waals surface area contributed by atoms with Crippen LogP contribution >= 0.6 is 23.2 Å². The maximum absolute atomic E-state index is 11.2. The number of halogens is 2. The second-order valence-electron chi connectivity index (χ2n) is 3.94. The van der Waals surface area contributed by atoms with Gasteiger partial charge in [-0.3, -0.25) is 0 Å². The molecule has 90 valence electrons. The van der Waals surface area contributed by atoms with Crippen molar-refractivity contribution >= 4 is 34.2 Å². The van der Waals surface area contributed by atoms with Crippen molar-refractivity contribution in [3.63, 3.8) is 0 Å². The molecule has 2 N–H and O–H groups in total. The number of H-pyrrole nitrogens is 2. The molecule has 0 saturated carbocycles. The molecule has 1 aromatic heterocycles. The van der Waals surface area contributed by atoms with Gasteiger partial charge in [0.2, 0.25) is 0 Å². The molecule has 0 atom stereocenters. The van der Waals surface area contributed by atoms with Crippen molar-refractivity contribution in [3.8, 4) is 11.1 Å². The van der Waals surface area contributed by atoms with Crippen molar-refractivity contribution in [3.05, 3.63) is 56.9 Å². The molecule has 0 spiro atoms. The van der Waals surface area contributed by atoms with Crippen LogP contribution in [0.4, 0.5) is 0 Å². The highest BCUT2D eigenvalue weighted by Crippen LogP contribution is 2.35. The Balaban J connectivity index is 2.28. The number of aromatic nitrogens is 2. The van der Waals surface area contributed by atoms with Gasteiger partial charge in [0.1, 0.15) is 0 Å². The van der Waals surface area contributed by atoms with Gasteiger partial charge in [-0.1, -0.05) is 35.3 Å². The third-order valence-electron chi connectivity index (χ3n) is 2.77. The van der Waals surface area contributed by atoms with E-state index in [1.165, 1.54) is 0 Å². The first-order valence-corrected chi connectivity index (χ1v) is 6.07. The highest BCUT2D eigenvalue weighted by molar-refractivity contribution is 6.39. The molecule has 3 aromatic rings. The zero-order valence-electron chi connectivity index (χ0n) is 9.13. The molecular weight excluding hydrogens is 271 g/mol. The Hall–Kier alpha value is -1.71. The van der Waals surface area contributed by atoms with Gasteiger partial charge in [-0.05, 0) is 29.8 Å². The van der Waals surface area contributed by atoms with E-state index in [1.54, 1.807) is 18.2 Å². The van der Waals surface area contributed by atoms with Crippen molar-refractivity contribution in [2.45, 2.75) is 0 Å². The zero-order chi connectivity index (χ0) is 12.7. The molecule has 0 fully saturated rings. The van der Waals surface area contributed by atoms with Crippen molar-refractivity contribution in [1.82, 2.24) is 9.97 Å². The highest BCUT2D eigenvalue weighted by Gasteiger charge is 2.09. The summed E-state index contributed by atoms with van der Waals surface area (Å²) in [5.41, 5.74) is 2.89. The molecule has 3 nitrogen and oxygen atoms in total. The zero-order valence-corrected chi connectivity index (χ0v) is 10.6. The summed E-state index contributed by atoms with van der Waals surface area (Å²) in [5.74, 6) is 0. The Morgan fingerprint density at radius 2 is 1.56 bits per heavy atom. The van der Waals surface area contributed by atoms with E-state index in [9.17, 15) is 4.79 Å². The third kappa shape index (κ3) is 1.82. The Bertz CT molecular complexity index is 769. The van der Waals surface area contributed by atoms with Crippen LogP contribution in [-0.4, -0.2) is 9.97 Å². The first-order valence-electron chi connectivity index (χ1n) is 5.31. The summed E-state index contributed by atoms with van der Waals surface area (Å²) in [7, 11) is 0. The van der Waals surface area contributed by atoms with Crippen LogP contribution < -0.4 is 5.69 Å². The predicted octanol–water partition coefficient (Wildman–Crippen LogP) is 3.83. The molecule has 0 saturated heterocycles. The minimum Gasteiger partial charge on any atom is -0.306 e. The summed E-state index contributed by atoms with van der Waals surface area (Å²) in [6.07, 6.45) is 0. The summed E-state index contributed by atoms with van der Waals surface area (Å²) in [6.45, 7) is 0. The average Bonchev–Trinajstić information content (AvgIpc) is 2.68. The van der Waals surface area contributed by atoms with Gasteiger partial charge < -0.3 is 9.97 Å². The van der Waals surface area contributed by atoms with Gasteiger partial charge in [0.25, 0.3) is 0 Å². The number of aromatic amines is 2. The molecule has 0 bridgehead atoms. The van der Waals surface area contributed by atoms with Crippen LogP contribution in [0.2, 0.25) is 10.0 Å². The number of rotatable bonds is 1. The van der Waals surface area contributed by atoms with Gasteiger partial charge in [0, 0.05) is 15.6 Å². The molecule has 2 aromatic carbocycles. The smallest absolute Gasteiger partial charge is 0.306 e. The number of nitrogens with one attached hydrogen (secondary N) is 2. The van der Waals surface area contributed by atoms with Crippen LogP contribution in [0, 0.1) is 0 Å². The van der Waals surface area contributed by atoms with E-state index < -0.39 is 0 Å². The Morgan fingerprint density at radius 1 is 0.889 bits per heavy atom. The number of imidazole rings is 1. The number of benzene rings is 2. The molecule has 1 heterocycles. The lowest BCUT2D eigenvalue weighted by Crippen LogP contribution is -1.99. The minimum absolute atomic E-state index is 0.229. The number of fused-ring (bicyclic) bond motifs is 1. The van der Waals surface area contributed by atoms with Gasteiger partial charge >= 0.3 is 5.69 Å². The molecule has 3 rings (SSSR count). The lowest BCUT2D eigenvalue weighted by atomic mass is 10.1. The van der Waals surface area contributed by atoms with Crippen molar-refractivity contribution in [2.75, 3.05) is 0 Å². The fraction of sp³-hybridized carbons (Fsp3) is 0. The first-order chi connectivity index (χ1) is 8.65. The predicted molar refractivity (Wildman–Crippen MR) is 74.4 cm³/mol. The monoisotopic (exact) mass is 278 g/mol. The maximum Gasteiger partial charge on any atom is 0.323 e. The van der Waals surface area contributed by atoms with Crippen molar-refractivity contribution in [2.24, 2.45) is 0 Å². The average molecular weight is 279 g/mol. The van der Waals surface area contributed by atoms with Crippen LogP contribution in [0.3, 0.4) is 0 Å².